The maximum Gasteiger partial charge on any atom is 0.250 e. The minimum atomic E-state index is -2.17. The first-order valence-electron chi connectivity index (χ1n) is 25.4. The molecule has 388 valence electrons. The van der Waals surface area contributed by atoms with Gasteiger partial charge in [0, 0.05) is 23.8 Å². The van der Waals surface area contributed by atoms with Crippen molar-refractivity contribution < 1.29 is 41.4 Å². The van der Waals surface area contributed by atoms with Crippen molar-refractivity contribution >= 4 is 33.9 Å². The summed E-state index contributed by atoms with van der Waals surface area (Å²) in [6.07, 6.45) is 1.48. The summed E-state index contributed by atoms with van der Waals surface area (Å²) in [6.45, 7) is 22.8. The molecule has 0 aromatic heterocycles. The second-order valence-electron chi connectivity index (χ2n) is 22.7. The fourth-order valence-corrected chi connectivity index (χ4v) is 11.7. The summed E-state index contributed by atoms with van der Waals surface area (Å²) in [5.74, 6) is -0.430. The first kappa shape index (κ1) is 55.0. The second-order valence-corrected chi connectivity index (χ2v) is 32.2. The number of fused-ring (bicyclic) bond motifs is 1. The van der Waals surface area contributed by atoms with Crippen molar-refractivity contribution in [3.05, 3.63) is 191 Å². The molecule has 6 atom stereocenters. The van der Waals surface area contributed by atoms with Crippen molar-refractivity contribution in [2.75, 3.05) is 16.8 Å². The highest BCUT2D eigenvalue weighted by Gasteiger charge is 2.49. The highest BCUT2D eigenvalue weighted by molar-refractivity contribution is 6.75. The number of anilines is 2. The Kier molecular flexibility index (Phi) is 16.9. The number of benzene rings is 6. The van der Waals surface area contributed by atoms with E-state index in [2.05, 4.69) is 73.0 Å². The predicted octanol–water partition coefficient (Wildman–Crippen LogP) is 16.0. The molecular formula is C60H72F4N2O5Si2. The number of aliphatic hydroxyl groups is 1. The number of halogens is 4. The summed E-state index contributed by atoms with van der Waals surface area (Å²) in [5, 5.41) is 23.6. The molecule has 2 aliphatic heterocycles. The topological polar surface area (TPSA) is 91.3 Å². The van der Waals surface area contributed by atoms with Crippen LogP contribution in [0, 0.1) is 35.1 Å². The molecule has 7 nitrogen and oxygen atoms in total. The van der Waals surface area contributed by atoms with E-state index in [4.69, 9.17) is 8.85 Å². The third-order valence-electron chi connectivity index (χ3n) is 15.6. The van der Waals surface area contributed by atoms with Crippen LogP contribution in [0.15, 0.2) is 140 Å². The first-order valence-corrected chi connectivity index (χ1v) is 31.2. The summed E-state index contributed by atoms with van der Waals surface area (Å²) in [7, 11) is -4.18. The van der Waals surface area contributed by atoms with Crippen LogP contribution in [0.4, 0.5) is 28.9 Å². The lowest BCUT2D eigenvalue weighted by atomic mass is 9.75. The average Bonchev–Trinajstić information content (AvgIpc) is 3.33. The molecule has 0 bridgehead atoms. The van der Waals surface area contributed by atoms with E-state index < -0.39 is 22.7 Å². The Morgan fingerprint density at radius 3 is 1.73 bits per heavy atom. The van der Waals surface area contributed by atoms with Gasteiger partial charge in [0.1, 0.15) is 34.8 Å². The van der Waals surface area contributed by atoms with Gasteiger partial charge in [-0.25, -0.2) is 17.6 Å². The van der Waals surface area contributed by atoms with Gasteiger partial charge in [0.25, 0.3) is 0 Å². The Balaban J connectivity index is 0.000000232. The molecule has 2 aliphatic rings. The van der Waals surface area contributed by atoms with Crippen molar-refractivity contribution in [1.82, 2.24) is 0 Å². The van der Waals surface area contributed by atoms with Gasteiger partial charge in [0.2, 0.25) is 14.2 Å². The van der Waals surface area contributed by atoms with E-state index in [1.54, 1.807) is 65.6 Å². The van der Waals surface area contributed by atoms with Crippen molar-refractivity contribution in [2.24, 2.45) is 11.8 Å². The van der Waals surface area contributed by atoms with Gasteiger partial charge < -0.3 is 29.3 Å². The van der Waals surface area contributed by atoms with Crippen molar-refractivity contribution in [3.63, 3.8) is 0 Å². The van der Waals surface area contributed by atoms with E-state index in [0.29, 0.717) is 43.5 Å². The molecule has 1 saturated heterocycles. The average molecular weight is 1030 g/mol. The molecule has 1 unspecified atom stereocenters. The number of hydrogen-bond acceptors (Lipinski definition) is 6. The Morgan fingerprint density at radius 1 is 0.644 bits per heavy atom. The van der Waals surface area contributed by atoms with Crippen molar-refractivity contribution in [2.45, 2.75) is 128 Å². The number of aromatic hydroxyl groups is 1. The number of carbonyl (C=O) groups excluding carboxylic acids is 1. The molecule has 8 rings (SSSR count). The van der Waals surface area contributed by atoms with Gasteiger partial charge in [-0.15, -0.1) is 0 Å². The van der Waals surface area contributed by atoms with Crippen LogP contribution in [-0.2, 0) is 9.22 Å². The third kappa shape index (κ3) is 13.1. The van der Waals surface area contributed by atoms with Crippen LogP contribution in [0.1, 0.15) is 119 Å². The number of nitrogens with one attached hydrogen (secondary N) is 1. The maximum absolute atomic E-state index is 14.0. The molecule has 0 saturated carbocycles. The lowest BCUT2D eigenvalue weighted by molar-refractivity contribution is -0.131. The predicted molar refractivity (Wildman–Crippen MR) is 290 cm³/mol. The molecule has 73 heavy (non-hydrogen) atoms. The van der Waals surface area contributed by atoms with Crippen molar-refractivity contribution in [3.8, 4) is 11.5 Å². The minimum Gasteiger partial charge on any atom is -0.544 e. The largest absolute Gasteiger partial charge is 0.544 e. The standard InChI is InChI=1S/C36H49F2NO3Si2.C24H23F2NO2/c1-35(2,3)43(7,8)41-30-21-13-26(14-22-30)33-31(34(40)39(33)29-19-17-28(38)18-20-29)23-24-32(25-11-15-27(37)16-12-25)42-44(9,10)36(4,5)6;25-18-6-1-15(2-7-18)23(29)12-5-17-14-27-22-11-8-19(26)13-21(22)24(17)16-3-9-20(28)10-4-16/h11-22,31-33H,23-24H2,1-10H3;1-4,6-11,13,17,23-24,27-29H,5,12,14H2/t31-,32-,33-;17?,23-,24+/m10/s1. The normalized spacial score (nSPS) is 18.9. The van der Waals surface area contributed by atoms with E-state index in [1.807, 2.05) is 36.4 Å². The molecule has 13 heteroatoms. The molecule has 6 aromatic rings. The number of phenols is 1. The molecule has 0 aliphatic carbocycles. The number of hydrogen-bond donors (Lipinski definition) is 3. The van der Waals surface area contributed by atoms with Gasteiger partial charge in [-0.3, -0.25) is 4.79 Å². The monoisotopic (exact) mass is 1030 g/mol. The molecule has 0 radical (unpaired) electrons. The number of carbonyl (C=O) groups is 1. The zero-order chi connectivity index (χ0) is 53.0. The van der Waals surface area contributed by atoms with Gasteiger partial charge in [-0.2, -0.15) is 0 Å². The first-order chi connectivity index (χ1) is 34.3. The van der Waals surface area contributed by atoms with E-state index in [9.17, 15) is 32.6 Å². The molecule has 6 aromatic carbocycles. The smallest absolute Gasteiger partial charge is 0.250 e. The number of phenolic OH excluding ortho intramolecular Hbond substituents is 1. The van der Waals surface area contributed by atoms with Crippen LogP contribution >= 0.6 is 0 Å². The summed E-state index contributed by atoms with van der Waals surface area (Å²) in [4.78, 5) is 15.5. The molecule has 3 N–H and O–H groups in total. The SMILES string of the molecule is CC(C)(C)[Si](C)(C)Oc1ccc([C@@H]2[C@@H](CC[C@@H](O[Si](C)(C)C(C)(C)C)c3ccc(F)cc3)C(=O)N2c2ccc(F)cc2)cc1.Oc1ccc([C@H]2c3cc(F)ccc3NCC2CC[C@H](O)c2ccc(F)cc2)cc1. The van der Waals surface area contributed by atoms with Gasteiger partial charge >= 0.3 is 0 Å². The summed E-state index contributed by atoms with van der Waals surface area (Å²) >= 11 is 0. The Morgan fingerprint density at radius 2 is 1.16 bits per heavy atom. The molecule has 1 amide bonds. The highest BCUT2D eigenvalue weighted by atomic mass is 28.4. The highest BCUT2D eigenvalue weighted by Crippen LogP contribution is 2.49. The molecule has 2 heterocycles. The molecular weight excluding hydrogens is 961 g/mol. The van der Waals surface area contributed by atoms with Crippen LogP contribution in [0.3, 0.4) is 0 Å². The number of aliphatic hydroxyl groups excluding tert-OH is 1. The van der Waals surface area contributed by atoms with E-state index in [-0.39, 0.29) is 74.9 Å². The summed E-state index contributed by atoms with van der Waals surface area (Å²) < 4.78 is 68.2. The van der Waals surface area contributed by atoms with Crippen LogP contribution < -0.4 is 14.6 Å². The minimum absolute atomic E-state index is 0.00623. The third-order valence-corrected chi connectivity index (χ3v) is 24.5. The Labute approximate surface area is 431 Å². The number of β-lactam (4-membered cyclic amide) rings is 1. The Hall–Kier alpha value is -5.74. The van der Waals surface area contributed by atoms with Crippen LogP contribution in [0.25, 0.3) is 0 Å². The van der Waals surface area contributed by atoms with Crippen molar-refractivity contribution in [1.29, 1.82) is 0 Å². The van der Waals surface area contributed by atoms with Gasteiger partial charge in [-0.1, -0.05) is 90.1 Å². The van der Waals surface area contributed by atoms with Gasteiger partial charge in [0.15, 0.2) is 8.32 Å². The second kappa shape index (κ2) is 22.4. The van der Waals surface area contributed by atoms with E-state index >= 15 is 0 Å². The maximum atomic E-state index is 14.0. The zero-order valence-corrected chi connectivity index (χ0v) is 45.9. The number of amides is 1. The van der Waals surface area contributed by atoms with E-state index in [1.165, 1.54) is 42.5 Å². The summed E-state index contributed by atoms with van der Waals surface area (Å²) in [6, 6.07) is 38.2. The molecule has 1 fully saturated rings. The summed E-state index contributed by atoms with van der Waals surface area (Å²) in [5.41, 5.74) is 6.06. The van der Waals surface area contributed by atoms with Crippen LogP contribution in [-0.4, -0.2) is 39.3 Å². The van der Waals surface area contributed by atoms with Crippen LogP contribution in [0.5, 0.6) is 11.5 Å². The zero-order valence-electron chi connectivity index (χ0n) is 43.9. The van der Waals surface area contributed by atoms with E-state index in [0.717, 1.165) is 33.7 Å². The van der Waals surface area contributed by atoms with Gasteiger partial charge in [0.05, 0.1) is 24.2 Å². The van der Waals surface area contributed by atoms with Crippen LogP contribution in [0.2, 0.25) is 36.3 Å². The lowest BCUT2D eigenvalue weighted by Crippen LogP contribution is -2.55. The molecule has 0 spiro atoms. The fraction of sp³-hybridized carbons (Fsp3) is 0.383. The Bertz CT molecular complexity index is 2780. The number of rotatable bonds is 15. The number of nitrogens with zero attached hydrogens (tertiary/aromatic N) is 1. The van der Waals surface area contributed by atoms with Gasteiger partial charge in [-0.05, 0) is 187 Å². The quantitative estimate of drug-likeness (QED) is 0.0539. The fourth-order valence-electron chi connectivity index (χ4n) is 9.31. The lowest BCUT2D eigenvalue weighted by Gasteiger charge is -2.48.